The van der Waals surface area contributed by atoms with Crippen LogP contribution >= 0.6 is 0 Å². The van der Waals surface area contributed by atoms with E-state index in [1.54, 1.807) is 39.8 Å². The third-order valence-electron chi connectivity index (χ3n) is 4.53. The topological polar surface area (TPSA) is 122 Å². The van der Waals surface area contributed by atoms with Crippen molar-refractivity contribution in [2.45, 2.75) is 39.7 Å². The molecule has 0 aromatic heterocycles. The average molecular weight is 420 g/mol. The first kappa shape index (κ1) is 23.6. The van der Waals surface area contributed by atoms with Crippen LogP contribution in [0.25, 0.3) is 0 Å². The van der Waals surface area contributed by atoms with Crippen LogP contribution in [0.3, 0.4) is 0 Å². The third kappa shape index (κ3) is 5.45. The second-order valence-corrected chi connectivity index (χ2v) is 7.15. The molecule has 0 bridgehead atoms. The molecule has 9 nitrogen and oxygen atoms in total. The fraction of sp³-hybridized carbons (Fsp3) is 0.429. The Kier molecular flexibility index (Phi) is 8.13. The van der Waals surface area contributed by atoms with Crippen molar-refractivity contribution in [3.63, 3.8) is 0 Å². The molecule has 1 aliphatic rings. The van der Waals surface area contributed by atoms with Gasteiger partial charge in [-0.3, -0.25) is 0 Å². The van der Waals surface area contributed by atoms with Crippen molar-refractivity contribution in [2.75, 3.05) is 20.3 Å². The molecule has 164 valence electrons. The minimum Gasteiger partial charge on any atom is -0.595 e. The molecule has 3 N–H and O–H groups in total. The number of allylic oxidation sites excluding steroid dienone is 2. The summed E-state index contributed by atoms with van der Waals surface area (Å²) in [6.45, 7) is 7.14. The lowest BCUT2D eigenvalue weighted by Gasteiger charge is -2.31. The first-order valence-corrected chi connectivity index (χ1v) is 9.56. The van der Waals surface area contributed by atoms with Crippen LogP contribution in [0.5, 0.6) is 0 Å². The van der Waals surface area contributed by atoms with Gasteiger partial charge in [0.1, 0.15) is 6.61 Å². The molecule has 1 unspecified atom stereocenters. The maximum Gasteiger partial charge on any atom is 0.337 e. The summed E-state index contributed by atoms with van der Waals surface area (Å²) in [4.78, 5) is 25.8. The van der Waals surface area contributed by atoms with Crippen molar-refractivity contribution < 1.29 is 34.2 Å². The van der Waals surface area contributed by atoms with Crippen molar-refractivity contribution in [3.8, 4) is 0 Å². The highest BCUT2D eigenvalue weighted by molar-refractivity contribution is 6.00. The van der Waals surface area contributed by atoms with Crippen LogP contribution in [-0.2, 0) is 23.8 Å². The van der Waals surface area contributed by atoms with Gasteiger partial charge in [0.15, 0.2) is 5.69 Å². The number of carbonyl (C=O) groups is 2. The van der Waals surface area contributed by atoms with Crippen LogP contribution in [0.15, 0.2) is 46.8 Å². The molecule has 0 saturated heterocycles. The van der Waals surface area contributed by atoms with Gasteiger partial charge in [0, 0.05) is 30.6 Å². The van der Waals surface area contributed by atoms with Gasteiger partial charge in [-0.15, -0.1) is 0 Å². The summed E-state index contributed by atoms with van der Waals surface area (Å²) in [6, 6.07) is 6.14. The van der Waals surface area contributed by atoms with E-state index in [1.807, 2.05) is 0 Å². The number of hydrogen-bond donors (Lipinski definition) is 3. The van der Waals surface area contributed by atoms with Gasteiger partial charge in [-0.2, -0.15) is 5.23 Å². The van der Waals surface area contributed by atoms with Crippen LogP contribution in [0, 0.1) is 5.21 Å². The SMILES string of the molecule is COCCOC(=O)C1=C(C)NC(C)=C(C(=O)OC(C)C)[C@@H]1c1cccc([NH+]([O-])O)c1. The zero-order chi connectivity index (χ0) is 22.4. The molecule has 0 spiro atoms. The Labute approximate surface area is 175 Å². The summed E-state index contributed by atoms with van der Waals surface area (Å²) in [5.41, 5.74) is 2.01. The van der Waals surface area contributed by atoms with Gasteiger partial charge < -0.3 is 24.7 Å². The van der Waals surface area contributed by atoms with Crippen LogP contribution in [0.4, 0.5) is 5.69 Å². The van der Waals surface area contributed by atoms with Gasteiger partial charge in [-0.25, -0.2) is 14.8 Å². The van der Waals surface area contributed by atoms with Crippen molar-refractivity contribution in [1.29, 1.82) is 0 Å². The Bertz CT molecular complexity index is 859. The molecule has 2 rings (SSSR count). The predicted octanol–water partition coefficient (Wildman–Crippen LogP) is 1.47. The Morgan fingerprint density at radius 3 is 2.37 bits per heavy atom. The molecule has 0 radical (unpaired) electrons. The predicted molar refractivity (Wildman–Crippen MR) is 108 cm³/mol. The minimum atomic E-state index is -1.11. The van der Waals surface area contributed by atoms with Gasteiger partial charge in [-0.05, 0) is 33.3 Å². The zero-order valence-corrected chi connectivity index (χ0v) is 17.8. The van der Waals surface area contributed by atoms with Crippen molar-refractivity contribution in [1.82, 2.24) is 5.32 Å². The highest BCUT2D eigenvalue weighted by Gasteiger charge is 2.38. The van der Waals surface area contributed by atoms with Gasteiger partial charge >= 0.3 is 11.9 Å². The summed E-state index contributed by atoms with van der Waals surface area (Å²) < 4.78 is 15.6. The lowest BCUT2D eigenvalue weighted by molar-refractivity contribution is -0.991. The first-order valence-electron chi connectivity index (χ1n) is 9.56. The van der Waals surface area contributed by atoms with E-state index in [1.165, 1.54) is 19.2 Å². The molecule has 0 fully saturated rings. The van der Waals surface area contributed by atoms with E-state index in [-0.39, 0.29) is 36.2 Å². The van der Waals surface area contributed by atoms with E-state index >= 15 is 0 Å². The molecular formula is C21H28N2O7. The van der Waals surface area contributed by atoms with Crippen LogP contribution in [0.1, 0.15) is 39.2 Å². The van der Waals surface area contributed by atoms with E-state index in [0.29, 0.717) is 17.0 Å². The zero-order valence-electron chi connectivity index (χ0n) is 17.8. The lowest BCUT2D eigenvalue weighted by Crippen LogP contribution is -2.99. The number of methoxy groups -OCH3 is 1. The maximum absolute atomic E-state index is 12.9. The Morgan fingerprint density at radius 2 is 1.80 bits per heavy atom. The molecule has 1 aliphatic heterocycles. The molecule has 1 aromatic carbocycles. The number of rotatable bonds is 8. The molecule has 9 heteroatoms. The molecule has 0 amide bonds. The molecular weight excluding hydrogens is 392 g/mol. The van der Waals surface area contributed by atoms with Crippen molar-refractivity contribution in [2.24, 2.45) is 0 Å². The molecule has 30 heavy (non-hydrogen) atoms. The van der Waals surface area contributed by atoms with Gasteiger partial charge in [0.2, 0.25) is 0 Å². The van der Waals surface area contributed by atoms with Crippen molar-refractivity contribution >= 4 is 17.6 Å². The van der Waals surface area contributed by atoms with Crippen molar-refractivity contribution in [3.05, 3.63) is 57.6 Å². The number of carbonyl (C=O) groups excluding carboxylic acids is 2. The summed E-state index contributed by atoms with van der Waals surface area (Å²) >= 11 is 0. The summed E-state index contributed by atoms with van der Waals surface area (Å²) in [6.07, 6.45) is -0.368. The fourth-order valence-corrected chi connectivity index (χ4v) is 3.29. The lowest BCUT2D eigenvalue weighted by atomic mass is 9.80. The second-order valence-electron chi connectivity index (χ2n) is 7.15. The standard InChI is InChI=1S/C21H28N2O7/c1-12(2)30-21(25)18-14(4)22-13(3)17(20(24)29-10-9-28-5)19(18)15-7-6-8-16(11-15)23(26)27/h6-8,11-12,19,22-23,26H,9-10H2,1-5H3/t19-/m1/s1. The van der Waals surface area contributed by atoms with Gasteiger partial charge in [0.25, 0.3) is 0 Å². The highest BCUT2D eigenvalue weighted by Crippen LogP contribution is 2.39. The Balaban J connectivity index is 2.59. The second kappa shape index (κ2) is 10.4. The molecule has 0 saturated carbocycles. The van der Waals surface area contributed by atoms with E-state index in [0.717, 1.165) is 0 Å². The van der Waals surface area contributed by atoms with E-state index in [9.17, 15) is 20.0 Å². The number of nitrogens with one attached hydrogen (secondary N) is 2. The fourth-order valence-electron chi connectivity index (χ4n) is 3.29. The normalized spacial score (nSPS) is 17.7. The van der Waals surface area contributed by atoms with E-state index < -0.39 is 23.1 Å². The Morgan fingerprint density at radius 1 is 1.17 bits per heavy atom. The molecule has 1 aromatic rings. The van der Waals surface area contributed by atoms with Gasteiger partial charge in [-0.1, -0.05) is 12.1 Å². The smallest absolute Gasteiger partial charge is 0.337 e. The molecule has 1 heterocycles. The summed E-state index contributed by atoms with van der Waals surface area (Å²) in [7, 11) is 1.49. The largest absolute Gasteiger partial charge is 0.595 e. The average Bonchev–Trinajstić information content (AvgIpc) is 2.66. The number of ether oxygens (including phenoxy) is 3. The Hall–Kier alpha value is -2.72. The van der Waals surface area contributed by atoms with Crippen LogP contribution in [-0.4, -0.2) is 43.6 Å². The highest BCUT2D eigenvalue weighted by atomic mass is 16.8. The number of esters is 2. The number of quaternary nitrogens is 1. The minimum absolute atomic E-state index is 0.0441. The van der Waals surface area contributed by atoms with Gasteiger partial charge in [0.05, 0.1) is 29.8 Å². The third-order valence-corrected chi connectivity index (χ3v) is 4.53. The number of dihydropyridines is 1. The summed E-state index contributed by atoms with van der Waals surface area (Å²) in [5.74, 6) is -2.05. The van der Waals surface area contributed by atoms with E-state index in [4.69, 9.17) is 14.2 Å². The number of hydrogen-bond acceptors (Lipinski definition) is 8. The first-order chi connectivity index (χ1) is 14.2. The quantitative estimate of drug-likeness (QED) is 0.328. The summed E-state index contributed by atoms with van der Waals surface area (Å²) in [5, 5.41) is 22.8. The van der Waals surface area contributed by atoms with Crippen LogP contribution < -0.4 is 10.5 Å². The maximum atomic E-state index is 12.9. The molecule has 2 atom stereocenters. The van der Waals surface area contributed by atoms with Crippen LogP contribution in [0.2, 0.25) is 0 Å². The van der Waals surface area contributed by atoms with E-state index in [2.05, 4.69) is 5.32 Å². The molecule has 0 aliphatic carbocycles. The monoisotopic (exact) mass is 420 g/mol. The number of benzene rings is 1.